The van der Waals surface area contributed by atoms with Crippen molar-refractivity contribution < 1.29 is 14.0 Å². The number of benzene rings is 2. The Morgan fingerprint density at radius 2 is 1.86 bits per heavy atom. The lowest BCUT2D eigenvalue weighted by molar-refractivity contribution is -0.127. The maximum absolute atomic E-state index is 13.4. The van der Waals surface area contributed by atoms with E-state index in [-0.39, 0.29) is 29.6 Å². The minimum atomic E-state index is -0.318. The smallest absolute Gasteiger partial charge is 0.253 e. The molecule has 2 amide bonds. The van der Waals surface area contributed by atoms with E-state index in [9.17, 15) is 14.0 Å². The lowest BCUT2D eigenvalue weighted by Crippen LogP contribution is -2.45. The number of carbonyl (C=O) groups is 2. The molecule has 1 saturated heterocycles. The molecule has 1 N–H and O–H groups in total. The highest BCUT2D eigenvalue weighted by molar-refractivity contribution is 5.95. The molecule has 2 aromatic carbocycles. The maximum atomic E-state index is 13.4. The fourth-order valence-corrected chi connectivity index (χ4v) is 3.85. The van der Waals surface area contributed by atoms with Crippen LogP contribution < -0.4 is 5.32 Å². The topological polar surface area (TPSA) is 49.4 Å². The van der Waals surface area contributed by atoms with Crippen LogP contribution in [0.3, 0.4) is 0 Å². The van der Waals surface area contributed by atoms with Gasteiger partial charge in [-0.1, -0.05) is 29.3 Å². The summed E-state index contributed by atoms with van der Waals surface area (Å²) in [6, 6.07) is 11.8. The molecule has 28 heavy (non-hydrogen) atoms. The van der Waals surface area contributed by atoms with Crippen LogP contribution in [0.2, 0.25) is 0 Å². The number of rotatable bonds is 4. The van der Waals surface area contributed by atoms with Gasteiger partial charge in [0.15, 0.2) is 0 Å². The second kappa shape index (κ2) is 8.55. The Bertz CT molecular complexity index is 860. The summed E-state index contributed by atoms with van der Waals surface area (Å²) in [5, 5.41) is 2.97. The van der Waals surface area contributed by atoms with E-state index in [1.54, 1.807) is 17.0 Å². The third kappa shape index (κ3) is 4.77. The number of likely N-dealkylation sites (tertiary alicyclic amines) is 1. The van der Waals surface area contributed by atoms with Crippen LogP contribution in [-0.4, -0.2) is 29.8 Å². The fourth-order valence-electron chi connectivity index (χ4n) is 3.85. The largest absolute Gasteiger partial charge is 0.349 e. The van der Waals surface area contributed by atoms with Crippen LogP contribution in [0.5, 0.6) is 0 Å². The highest BCUT2D eigenvalue weighted by Crippen LogP contribution is 2.22. The van der Waals surface area contributed by atoms with Crippen molar-refractivity contribution >= 4 is 11.8 Å². The third-order valence-corrected chi connectivity index (χ3v) is 5.26. The Labute approximate surface area is 165 Å². The van der Waals surface area contributed by atoms with Crippen LogP contribution >= 0.6 is 0 Å². The number of nitrogens with one attached hydrogen (secondary N) is 1. The first-order valence-electron chi connectivity index (χ1n) is 9.77. The minimum Gasteiger partial charge on any atom is -0.349 e. The zero-order valence-electron chi connectivity index (χ0n) is 16.7. The Balaban J connectivity index is 1.65. The van der Waals surface area contributed by atoms with E-state index in [4.69, 9.17) is 0 Å². The highest BCUT2D eigenvalue weighted by Gasteiger charge is 2.29. The first kappa shape index (κ1) is 20.1. The number of halogens is 1. The molecule has 0 spiro atoms. The van der Waals surface area contributed by atoms with E-state index in [0.29, 0.717) is 18.7 Å². The first-order valence-corrected chi connectivity index (χ1v) is 9.77. The summed E-state index contributed by atoms with van der Waals surface area (Å²) in [5.74, 6) is -0.682. The molecule has 0 radical (unpaired) electrons. The third-order valence-electron chi connectivity index (χ3n) is 5.26. The molecule has 1 heterocycles. The van der Waals surface area contributed by atoms with E-state index in [1.807, 2.05) is 39.0 Å². The summed E-state index contributed by atoms with van der Waals surface area (Å²) in [5.41, 5.74) is 3.51. The Morgan fingerprint density at radius 1 is 1.14 bits per heavy atom. The fraction of sp³-hybridized carbons (Fsp3) is 0.391. The van der Waals surface area contributed by atoms with Gasteiger partial charge < -0.3 is 10.2 Å². The molecule has 4 nitrogen and oxygen atoms in total. The molecule has 1 fully saturated rings. The molecular weight excluding hydrogens is 355 g/mol. The minimum absolute atomic E-state index is 0.0255. The van der Waals surface area contributed by atoms with Gasteiger partial charge in [-0.25, -0.2) is 4.39 Å². The lowest BCUT2D eigenvalue weighted by atomic mass is 9.95. The van der Waals surface area contributed by atoms with Crippen LogP contribution in [0.1, 0.15) is 52.9 Å². The molecule has 1 aliphatic rings. The predicted molar refractivity (Wildman–Crippen MR) is 108 cm³/mol. The van der Waals surface area contributed by atoms with Crippen molar-refractivity contribution in [1.29, 1.82) is 0 Å². The molecule has 0 bridgehead atoms. The van der Waals surface area contributed by atoms with Crippen molar-refractivity contribution in [2.24, 2.45) is 5.92 Å². The Hall–Kier alpha value is -2.69. The predicted octanol–water partition coefficient (Wildman–Crippen LogP) is 4.17. The zero-order chi connectivity index (χ0) is 20.3. The number of hydrogen-bond acceptors (Lipinski definition) is 2. The molecule has 0 saturated carbocycles. The van der Waals surface area contributed by atoms with Gasteiger partial charge in [-0.2, -0.15) is 0 Å². The molecular formula is C23H27FN2O2. The molecule has 0 aromatic heterocycles. The average Bonchev–Trinajstić information content (AvgIpc) is 2.66. The summed E-state index contributed by atoms with van der Waals surface area (Å²) >= 11 is 0. The quantitative estimate of drug-likeness (QED) is 0.863. The van der Waals surface area contributed by atoms with Crippen molar-refractivity contribution in [3.63, 3.8) is 0 Å². The number of nitrogens with zero attached hydrogens (tertiary/aromatic N) is 1. The Kier molecular flexibility index (Phi) is 6.12. The molecule has 2 atom stereocenters. The molecule has 0 aliphatic carbocycles. The summed E-state index contributed by atoms with van der Waals surface area (Å²) in [6.45, 7) is 6.87. The van der Waals surface area contributed by atoms with Gasteiger partial charge in [0.05, 0.1) is 12.0 Å². The summed E-state index contributed by atoms with van der Waals surface area (Å²) in [4.78, 5) is 27.4. The van der Waals surface area contributed by atoms with Crippen molar-refractivity contribution in [3.05, 3.63) is 70.5 Å². The van der Waals surface area contributed by atoms with Gasteiger partial charge in [-0.3, -0.25) is 9.59 Å². The first-order chi connectivity index (χ1) is 13.3. The summed E-state index contributed by atoms with van der Waals surface area (Å²) in [7, 11) is 0. The number of piperidine rings is 1. The van der Waals surface area contributed by atoms with Gasteiger partial charge in [0.25, 0.3) is 5.91 Å². The van der Waals surface area contributed by atoms with E-state index in [1.165, 1.54) is 12.1 Å². The van der Waals surface area contributed by atoms with Crippen LogP contribution in [-0.2, 0) is 4.79 Å². The van der Waals surface area contributed by atoms with Crippen molar-refractivity contribution in [3.8, 4) is 0 Å². The van der Waals surface area contributed by atoms with Gasteiger partial charge in [-0.15, -0.1) is 0 Å². The Morgan fingerprint density at radius 3 is 2.54 bits per heavy atom. The summed E-state index contributed by atoms with van der Waals surface area (Å²) < 4.78 is 13.4. The van der Waals surface area contributed by atoms with Crippen LogP contribution in [0, 0.1) is 25.6 Å². The number of aryl methyl sites for hydroxylation is 2. The van der Waals surface area contributed by atoms with Gasteiger partial charge in [-0.05, 0) is 63.4 Å². The molecule has 0 unspecified atom stereocenters. The summed E-state index contributed by atoms with van der Waals surface area (Å²) in [6.07, 6.45) is 1.54. The van der Waals surface area contributed by atoms with Crippen molar-refractivity contribution in [2.75, 3.05) is 13.1 Å². The normalized spacial score (nSPS) is 17.9. The van der Waals surface area contributed by atoms with Crippen molar-refractivity contribution in [1.82, 2.24) is 10.2 Å². The van der Waals surface area contributed by atoms with Gasteiger partial charge >= 0.3 is 0 Å². The molecule has 2 aromatic rings. The molecule has 5 heteroatoms. The maximum Gasteiger partial charge on any atom is 0.253 e. The second-order valence-corrected chi connectivity index (χ2v) is 7.75. The van der Waals surface area contributed by atoms with Gasteiger partial charge in [0.2, 0.25) is 5.91 Å². The zero-order valence-corrected chi connectivity index (χ0v) is 16.7. The molecule has 1 aliphatic heterocycles. The average molecular weight is 382 g/mol. The van der Waals surface area contributed by atoms with E-state index < -0.39 is 0 Å². The second-order valence-electron chi connectivity index (χ2n) is 7.75. The van der Waals surface area contributed by atoms with Crippen LogP contribution in [0.4, 0.5) is 4.39 Å². The SMILES string of the molecule is Cc1cc(C)cc(C(=O)N2CCC[C@H](C(=O)N[C@H](C)c3cccc(F)c3)C2)c1. The molecule has 3 rings (SSSR count). The van der Waals surface area contributed by atoms with Crippen LogP contribution in [0.25, 0.3) is 0 Å². The lowest BCUT2D eigenvalue weighted by Gasteiger charge is -2.33. The number of amides is 2. The van der Waals surface area contributed by atoms with Gasteiger partial charge in [0.1, 0.15) is 5.82 Å². The van der Waals surface area contributed by atoms with E-state index in [2.05, 4.69) is 5.32 Å². The number of hydrogen-bond donors (Lipinski definition) is 1. The van der Waals surface area contributed by atoms with E-state index >= 15 is 0 Å². The highest BCUT2D eigenvalue weighted by atomic mass is 19.1. The monoisotopic (exact) mass is 382 g/mol. The molecule has 148 valence electrons. The van der Waals surface area contributed by atoms with Gasteiger partial charge in [0, 0.05) is 18.7 Å². The standard InChI is InChI=1S/C23H27FN2O2/c1-15-10-16(2)12-20(11-15)23(28)26-9-5-7-19(14-26)22(27)25-17(3)18-6-4-8-21(24)13-18/h4,6,8,10-13,17,19H,5,7,9,14H2,1-3H3,(H,25,27)/t17-,19+/m1/s1. The number of carbonyl (C=O) groups excluding carboxylic acids is 2. The van der Waals surface area contributed by atoms with E-state index in [0.717, 1.165) is 29.5 Å². The van der Waals surface area contributed by atoms with Crippen LogP contribution in [0.15, 0.2) is 42.5 Å². The van der Waals surface area contributed by atoms with Crippen molar-refractivity contribution in [2.45, 2.75) is 39.7 Å².